The molecule has 0 unspecified atom stereocenters. The van der Waals surface area contributed by atoms with Crippen molar-refractivity contribution in [3.05, 3.63) is 135 Å². The Morgan fingerprint density at radius 3 is 2.39 bits per heavy atom. The van der Waals surface area contributed by atoms with Gasteiger partial charge >= 0.3 is 0 Å². The summed E-state index contributed by atoms with van der Waals surface area (Å²) in [5.74, 6) is -1.30. The quantitative estimate of drug-likeness (QED) is 0.162. The van der Waals surface area contributed by atoms with E-state index in [9.17, 15) is 23.2 Å². The Morgan fingerprint density at radius 2 is 1.63 bits per heavy atom. The van der Waals surface area contributed by atoms with E-state index in [-0.39, 0.29) is 42.4 Å². The van der Waals surface area contributed by atoms with E-state index in [1.165, 1.54) is 46.2 Å². The Labute approximate surface area is 300 Å². The van der Waals surface area contributed by atoms with E-state index in [1.807, 2.05) is 18.2 Å². The average molecular weight is 710 g/mol. The lowest BCUT2D eigenvalue weighted by molar-refractivity contribution is -0.139. The summed E-state index contributed by atoms with van der Waals surface area (Å²) in [6.45, 7) is 1.19. The number of nitrogens with one attached hydrogen (secondary N) is 1. The van der Waals surface area contributed by atoms with Crippen LogP contribution in [0, 0.1) is 5.82 Å². The molecule has 1 aromatic heterocycles. The fourth-order valence-corrected chi connectivity index (χ4v) is 7.31. The number of aryl methyl sites for hydroxylation is 4. The number of rotatable bonds is 9. The SMILES string of the molecule is CC(=O)c1cn(CC(=O)N2C[C@H](F)C[C@H]2C(=O)NCc2cccc(Cl)c2F)c2cc(OCc3cc4ccc3CCc3ccc(cc3)CC4)ccc12. The van der Waals surface area contributed by atoms with Gasteiger partial charge in [-0.15, -0.1) is 0 Å². The van der Waals surface area contributed by atoms with Gasteiger partial charge in [0.15, 0.2) is 5.78 Å². The molecule has 2 atom stereocenters. The topological polar surface area (TPSA) is 80.6 Å². The first-order chi connectivity index (χ1) is 24.6. The smallest absolute Gasteiger partial charge is 0.243 e. The van der Waals surface area contributed by atoms with Gasteiger partial charge in [-0.05, 0) is 78.6 Å². The number of benzene rings is 4. The molecule has 10 heteroatoms. The maximum atomic E-state index is 14.7. The molecule has 0 radical (unpaired) electrons. The second-order valence-corrected chi connectivity index (χ2v) is 13.8. The number of carbonyl (C=O) groups excluding carboxylic acids is 3. The van der Waals surface area contributed by atoms with Crippen LogP contribution in [0.2, 0.25) is 5.02 Å². The van der Waals surface area contributed by atoms with Crippen molar-refractivity contribution in [1.82, 2.24) is 14.8 Å². The van der Waals surface area contributed by atoms with Gasteiger partial charge in [0.2, 0.25) is 11.8 Å². The van der Waals surface area contributed by atoms with Gasteiger partial charge in [-0.3, -0.25) is 14.4 Å². The Balaban J connectivity index is 1.08. The number of Topliss-reactive ketones (excluding diaryl/α,β-unsaturated/α-hetero) is 1. The summed E-state index contributed by atoms with van der Waals surface area (Å²) in [6.07, 6.45) is 3.75. The molecule has 4 bridgehead atoms. The van der Waals surface area contributed by atoms with Crippen LogP contribution in [0.5, 0.6) is 5.75 Å². The van der Waals surface area contributed by atoms with E-state index in [4.69, 9.17) is 16.3 Å². The lowest BCUT2D eigenvalue weighted by Crippen LogP contribution is -2.46. The highest BCUT2D eigenvalue weighted by atomic mass is 35.5. The Morgan fingerprint density at radius 1 is 0.902 bits per heavy atom. The maximum Gasteiger partial charge on any atom is 0.243 e. The van der Waals surface area contributed by atoms with Crippen LogP contribution in [0.1, 0.15) is 57.1 Å². The third-order valence-corrected chi connectivity index (χ3v) is 10.3. The molecule has 4 aliphatic carbocycles. The summed E-state index contributed by atoms with van der Waals surface area (Å²) in [6, 6.07) is 24.3. The number of ketones is 1. The first-order valence-electron chi connectivity index (χ1n) is 17.2. The second-order valence-electron chi connectivity index (χ2n) is 13.4. The van der Waals surface area contributed by atoms with Crippen LogP contribution >= 0.6 is 11.6 Å². The highest BCUT2D eigenvalue weighted by Crippen LogP contribution is 2.29. The van der Waals surface area contributed by atoms with Crippen molar-refractivity contribution in [2.45, 2.75) is 70.9 Å². The van der Waals surface area contributed by atoms with Gasteiger partial charge in [0.25, 0.3) is 0 Å². The molecule has 10 rings (SSSR count). The van der Waals surface area contributed by atoms with Gasteiger partial charge in [0.1, 0.15) is 36.9 Å². The fraction of sp³-hybridized carbons (Fsp3) is 0.293. The van der Waals surface area contributed by atoms with Crippen LogP contribution in [0.25, 0.3) is 10.9 Å². The number of hydrogen-bond acceptors (Lipinski definition) is 4. The number of aromatic nitrogens is 1. The number of alkyl halides is 1. The lowest BCUT2D eigenvalue weighted by atomic mass is 9.93. The van der Waals surface area contributed by atoms with E-state index in [2.05, 4.69) is 47.8 Å². The largest absolute Gasteiger partial charge is 0.489 e. The van der Waals surface area contributed by atoms with Crippen molar-refractivity contribution >= 4 is 40.1 Å². The third-order valence-electron chi connectivity index (χ3n) is 9.97. The minimum atomic E-state index is -1.39. The zero-order chi connectivity index (χ0) is 35.6. The molecule has 0 spiro atoms. The summed E-state index contributed by atoms with van der Waals surface area (Å²) in [4.78, 5) is 40.7. The van der Waals surface area contributed by atoms with Gasteiger partial charge in [-0.1, -0.05) is 66.2 Å². The molecule has 7 nitrogen and oxygen atoms in total. The van der Waals surface area contributed by atoms with Crippen LogP contribution in [0.3, 0.4) is 0 Å². The van der Waals surface area contributed by atoms with E-state index >= 15 is 0 Å². The number of halogens is 3. The minimum absolute atomic E-state index is 0.0724. The van der Waals surface area contributed by atoms with Crippen LogP contribution in [0.15, 0.2) is 85.1 Å². The number of carbonyl (C=O) groups is 3. The molecule has 1 N–H and O–H groups in total. The van der Waals surface area contributed by atoms with Crippen molar-refractivity contribution in [3.63, 3.8) is 0 Å². The minimum Gasteiger partial charge on any atom is -0.489 e. The standard InChI is InChI=1S/C41H38ClF2N3O4/c1-25(48)35-22-46(23-39(49)47-21-32(43)18-38(47)41(50)45-20-30-3-2-4-36(42)40(30)44)37-19-33(15-16-34(35)37)51-24-31-17-28-10-9-26-5-7-27(8-6-26)11-13-29(31)14-12-28/h2-8,12,14-17,19,22,32,38H,9-11,13,18,20-21,23-24H2,1H3,(H,45,50)/t32-,38+/m1/s1. The van der Waals surface area contributed by atoms with E-state index in [0.717, 1.165) is 31.2 Å². The molecular formula is C41H38ClF2N3O4. The zero-order valence-electron chi connectivity index (χ0n) is 28.3. The van der Waals surface area contributed by atoms with E-state index in [0.29, 0.717) is 28.8 Å². The Bertz CT molecular complexity index is 2130. The number of fused-ring (bicyclic) bond motifs is 1. The highest BCUT2D eigenvalue weighted by Gasteiger charge is 2.40. The van der Waals surface area contributed by atoms with Crippen molar-refractivity contribution in [3.8, 4) is 5.75 Å². The number of hydrogen-bond donors (Lipinski definition) is 1. The number of likely N-dealkylation sites (tertiary alicyclic amines) is 1. The van der Waals surface area contributed by atoms with Gasteiger partial charge in [-0.25, -0.2) is 8.78 Å². The van der Waals surface area contributed by atoms with Crippen molar-refractivity contribution < 1.29 is 27.9 Å². The predicted octanol–water partition coefficient (Wildman–Crippen LogP) is 7.35. The molecule has 1 fully saturated rings. The van der Waals surface area contributed by atoms with E-state index < -0.39 is 29.8 Å². The van der Waals surface area contributed by atoms with Crippen molar-refractivity contribution in [2.75, 3.05) is 6.54 Å². The van der Waals surface area contributed by atoms with Gasteiger partial charge < -0.3 is 19.5 Å². The summed E-state index contributed by atoms with van der Waals surface area (Å²) < 4.78 is 37.1. The molecule has 5 aliphatic rings. The summed E-state index contributed by atoms with van der Waals surface area (Å²) >= 11 is 5.86. The highest BCUT2D eigenvalue weighted by molar-refractivity contribution is 6.30. The molecule has 2 amide bonds. The molecule has 4 aromatic carbocycles. The van der Waals surface area contributed by atoms with Gasteiger partial charge in [0.05, 0.1) is 17.1 Å². The van der Waals surface area contributed by atoms with Crippen molar-refractivity contribution in [2.24, 2.45) is 0 Å². The third kappa shape index (κ3) is 7.54. The van der Waals surface area contributed by atoms with Gasteiger partial charge in [-0.2, -0.15) is 0 Å². The molecule has 5 aromatic rings. The second kappa shape index (κ2) is 14.7. The molecule has 262 valence electrons. The zero-order valence-corrected chi connectivity index (χ0v) is 29.0. The van der Waals surface area contributed by atoms with E-state index in [1.54, 1.807) is 16.8 Å². The van der Waals surface area contributed by atoms with Crippen LogP contribution in [0.4, 0.5) is 8.78 Å². The monoisotopic (exact) mass is 709 g/mol. The molecular weight excluding hydrogens is 672 g/mol. The normalized spacial score (nSPS) is 17.0. The number of nitrogens with zero attached hydrogens (tertiary/aromatic N) is 2. The molecule has 1 aliphatic heterocycles. The van der Waals surface area contributed by atoms with Crippen molar-refractivity contribution in [1.29, 1.82) is 0 Å². The molecule has 2 heterocycles. The first kappa shape index (κ1) is 34.4. The Hall–Kier alpha value is -5.02. The Kier molecular flexibility index (Phi) is 9.91. The van der Waals surface area contributed by atoms with Crippen LogP contribution in [-0.4, -0.2) is 45.8 Å². The molecule has 1 saturated heterocycles. The first-order valence-corrected chi connectivity index (χ1v) is 17.6. The van der Waals surface area contributed by atoms with Crippen LogP contribution in [-0.2, 0) is 55.0 Å². The summed E-state index contributed by atoms with van der Waals surface area (Å²) in [5.41, 5.74) is 7.44. The summed E-state index contributed by atoms with van der Waals surface area (Å²) in [5, 5.41) is 3.21. The van der Waals surface area contributed by atoms with Gasteiger partial charge in [0, 0.05) is 41.7 Å². The molecule has 51 heavy (non-hydrogen) atoms. The lowest BCUT2D eigenvalue weighted by Gasteiger charge is -2.24. The average Bonchev–Trinajstić information content (AvgIpc) is 3.69. The molecule has 0 saturated carbocycles. The predicted molar refractivity (Wildman–Crippen MR) is 192 cm³/mol. The number of amides is 2. The summed E-state index contributed by atoms with van der Waals surface area (Å²) in [7, 11) is 0. The maximum absolute atomic E-state index is 14.7. The fourth-order valence-electron chi connectivity index (χ4n) is 7.12. The number of ether oxygens (including phenoxy) is 1. The van der Waals surface area contributed by atoms with Crippen LogP contribution < -0.4 is 10.1 Å².